The summed E-state index contributed by atoms with van der Waals surface area (Å²) < 4.78 is 24.2. The van der Waals surface area contributed by atoms with Crippen LogP contribution in [0.5, 0.6) is 5.75 Å². The third-order valence-corrected chi connectivity index (χ3v) is 4.55. The molecule has 1 aliphatic heterocycles. The topological polar surface area (TPSA) is 72.9 Å². The van der Waals surface area contributed by atoms with E-state index in [4.69, 9.17) is 9.47 Å². The standard InChI is InChI=1S/C23H24FNO5/c1-23(2,3)30-20(26)13-10-16(14-29-17-11-8-15(24)9-12-17)25-21(27)18-6-4-5-7-19(18)22(25)28/h4-9,11-12,16H,10,13-14H2,1-3H3. The summed E-state index contributed by atoms with van der Waals surface area (Å²) in [6, 6.07) is 11.3. The second kappa shape index (κ2) is 8.65. The Balaban J connectivity index is 1.77. The van der Waals surface area contributed by atoms with Gasteiger partial charge < -0.3 is 9.47 Å². The number of imide groups is 1. The maximum atomic E-state index is 13.1. The van der Waals surface area contributed by atoms with Crippen LogP contribution < -0.4 is 4.74 Å². The Morgan fingerprint density at radius 2 is 1.57 bits per heavy atom. The molecule has 0 saturated heterocycles. The quantitative estimate of drug-likeness (QED) is 0.507. The van der Waals surface area contributed by atoms with E-state index in [2.05, 4.69) is 0 Å². The molecule has 1 atom stereocenters. The van der Waals surface area contributed by atoms with Crippen LogP contribution in [0.15, 0.2) is 48.5 Å². The van der Waals surface area contributed by atoms with Gasteiger partial charge in [0.15, 0.2) is 0 Å². The van der Waals surface area contributed by atoms with Crippen LogP contribution in [-0.2, 0) is 9.53 Å². The molecule has 2 aromatic carbocycles. The van der Waals surface area contributed by atoms with Gasteiger partial charge in [0, 0.05) is 6.42 Å². The van der Waals surface area contributed by atoms with Crippen LogP contribution >= 0.6 is 0 Å². The van der Waals surface area contributed by atoms with E-state index in [0.29, 0.717) is 16.9 Å². The zero-order chi connectivity index (χ0) is 21.9. The highest BCUT2D eigenvalue weighted by Gasteiger charge is 2.40. The van der Waals surface area contributed by atoms with Crippen molar-refractivity contribution in [2.24, 2.45) is 0 Å². The monoisotopic (exact) mass is 413 g/mol. The molecule has 3 rings (SSSR count). The van der Waals surface area contributed by atoms with E-state index in [1.54, 1.807) is 45.0 Å². The molecule has 30 heavy (non-hydrogen) atoms. The van der Waals surface area contributed by atoms with Crippen molar-refractivity contribution in [3.63, 3.8) is 0 Å². The third kappa shape index (κ3) is 5.03. The fourth-order valence-corrected chi connectivity index (χ4v) is 3.23. The van der Waals surface area contributed by atoms with Gasteiger partial charge in [-0.1, -0.05) is 12.1 Å². The Kier molecular flexibility index (Phi) is 6.20. The van der Waals surface area contributed by atoms with Crippen LogP contribution in [0.4, 0.5) is 4.39 Å². The summed E-state index contributed by atoms with van der Waals surface area (Å²) in [5.74, 6) is -1.27. The van der Waals surface area contributed by atoms with Crippen molar-refractivity contribution in [3.05, 3.63) is 65.5 Å². The minimum atomic E-state index is -0.685. The summed E-state index contributed by atoms with van der Waals surface area (Å²) in [7, 11) is 0. The molecule has 0 aliphatic carbocycles. The maximum absolute atomic E-state index is 13.1. The Labute approximate surface area is 174 Å². The van der Waals surface area contributed by atoms with Crippen LogP contribution in [-0.4, -0.2) is 40.9 Å². The van der Waals surface area contributed by atoms with Gasteiger partial charge in [0.05, 0.1) is 17.2 Å². The van der Waals surface area contributed by atoms with Crippen molar-refractivity contribution in [1.29, 1.82) is 0 Å². The van der Waals surface area contributed by atoms with Crippen LogP contribution in [0.3, 0.4) is 0 Å². The average molecular weight is 413 g/mol. The molecule has 6 nitrogen and oxygen atoms in total. The summed E-state index contributed by atoms with van der Waals surface area (Å²) in [5.41, 5.74) is 0.0188. The van der Waals surface area contributed by atoms with E-state index in [0.717, 1.165) is 4.90 Å². The van der Waals surface area contributed by atoms with E-state index in [-0.39, 0.29) is 19.4 Å². The lowest BCUT2D eigenvalue weighted by Crippen LogP contribution is -2.44. The number of hydrogen-bond acceptors (Lipinski definition) is 5. The maximum Gasteiger partial charge on any atom is 0.306 e. The molecule has 1 aliphatic rings. The number of hydrogen-bond donors (Lipinski definition) is 0. The van der Waals surface area contributed by atoms with Crippen molar-refractivity contribution < 1.29 is 28.2 Å². The van der Waals surface area contributed by atoms with E-state index in [1.807, 2.05) is 0 Å². The van der Waals surface area contributed by atoms with E-state index >= 15 is 0 Å². The van der Waals surface area contributed by atoms with Gasteiger partial charge in [-0.25, -0.2) is 4.39 Å². The number of carbonyl (C=O) groups is 3. The molecule has 0 spiro atoms. The number of esters is 1. The largest absolute Gasteiger partial charge is 0.491 e. The van der Waals surface area contributed by atoms with Gasteiger partial charge in [0.1, 0.15) is 23.8 Å². The molecule has 158 valence electrons. The predicted molar refractivity (Wildman–Crippen MR) is 108 cm³/mol. The summed E-state index contributed by atoms with van der Waals surface area (Å²) in [6.07, 6.45) is 0.198. The summed E-state index contributed by atoms with van der Waals surface area (Å²) in [5, 5.41) is 0. The van der Waals surface area contributed by atoms with Crippen molar-refractivity contribution in [3.8, 4) is 5.75 Å². The molecular weight excluding hydrogens is 389 g/mol. The van der Waals surface area contributed by atoms with Crippen LogP contribution in [0.2, 0.25) is 0 Å². The van der Waals surface area contributed by atoms with E-state index in [9.17, 15) is 18.8 Å². The first-order chi connectivity index (χ1) is 14.2. The van der Waals surface area contributed by atoms with Gasteiger partial charge >= 0.3 is 5.97 Å². The molecule has 0 aromatic heterocycles. The lowest BCUT2D eigenvalue weighted by atomic mass is 10.1. The number of rotatable bonds is 7. The number of ether oxygens (including phenoxy) is 2. The highest BCUT2D eigenvalue weighted by molar-refractivity contribution is 6.21. The predicted octanol–water partition coefficient (Wildman–Crippen LogP) is 3.99. The molecule has 2 aromatic rings. The molecule has 0 saturated carbocycles. The second-order valence-electron chi connectivity index (χ2n) is 8.07. The molecular formula is C23H24FNO5. The fraction of sp³-hybridized carbons (Fsp3) is 0.348. The van der Waals surface area contributed by atoms with Crippen LogP contribution in [0, 0.1) is 5.82 Å². The fourth-order valence-electron chi connectivity index (χ4n) is 3.23. The molecule has 0 radical (unpaired) electrons. The Morgan fingerprint density at radius 1 is 1.00 bits per heavy atom. The summed E-state index contributed by atoms with van der Waals surface area (Å²) in [4.78, 5) is 39.0. The zero-order valence-corrected chi connectivity index (χ0v) is 17.2. The first-order valence-corrected chi connectivity index (χ1v) is 9.73. The van der Waals surface area contributed by atoms with Gasteiger partial charge in [-0.15, -0.1) is 0 Å². The normalized spacial score (nSPS) is 14.5. The SMILES string of the molecule is CC(C)(C)OC(=O)CCC(COc1ccc(F)cc1)N1C(=O)c2ccccc2C1=O. The van der Waals surface area contributed by atoms with Crippen molar-refractivity contribution in [2.45, 2.75) is 45.3 Å². The first-order valence-electron chi connectivity index (χ1n) is 9.73. The first kappa shape index (κ1) is 21.5. The Bertz CT molecular complexity index is 914. The van der Waals surface area contributed by atoms with Gasteiger partial charge in [0.2, 0.25) is 0 Å². The van der Waals surface area contributed by atoms with Crippen molar-refractivity contribution in [2.75, 3.05) is 6.61 Å². The second-order valence-corrected chi connectivity index (χ2v) is 8.07. The highest BCUT2D eigenvalue weighted by atomic mass is 19.1. The van der Waals surface area contributed by atoms with Gasteiger partial charge in [0.25, 0.3) is 11.8 Å². The zero-order valence-electron chi connectivity index (χ0n) is 17.2. The van der Waals surface area contributed by atoms with Crippen LogP contribution in [0.25, 0.3) is 0 Å². The van der Waals surface area contributed by atoms with Gasteiger partial charge in [-0.2, -0.15) is 0 Å². The van der Waals surface area contributed by atoms with Crippen LogP contribution in [0.1, 0.15) is 54.3 Å². The Hall–Kier alpha value is -3.22. The smallest absolute Gasteiger partial charge is 0.306 e. The van der Waals surface area contributed by atoms with Gasteiger partial charge in [-0.3, -0.25) is 19.3 Å². The molecule has 0 N–H and O–H groups in total. The summed E-state index contributed by atoms with van der Waals surface area (Å²) in [6.45, 7) is 5.28. The lowest BCUT2D eigenvalue weighted by Gasteiger charge is -2.27. The Morgan fingerprint density at radius 3 is 2.10 bits per heavy atom. The molecule has 1 unspecified atom stereocenters. The van der Waals surface area contributed by atoms with Crippen molar-refractivity contribution >= 4 is 17.8 Å². The van der Waals surface area contributed by atoms with E-state index < -0.39 is 35.2 Å². The molecule has 7 heteroatoms. The van der Waals surface area contributed by atoms with E-state index in [1.165, 1.54) is 24.3 Å². The highest BCUT2D eigenvalue weighted by Crippen LogP contribution is 2.27. The number of carbonyl (C=O) groups excluding carboxylic acids is 3. The number of halogens is 1. The average Bonchev–Trinajstić information content (AvgIpc) is 2.93. The number of benzene rings is 2. The number of amides is 2. The molecule has 0 fully saturated rings. The van der Waals surface area contributed by atoms with Gasteiger partial charge in [-0.05, 0) is 63.6 Å². The third-order valence-electron chi connectivity index (χ3n) is 4.55. The van der Waals surface area contributed by atoms with Crippen molar-refractivity contribution in [1.82, 2.24) is 4.90 Å². The lowest BCUT2D eigenvalue weighted by molar-refractivity contribution is -0.155. The summed E-state index contributed by atoms with van der Waals surface area (Å²) >= 11 is 0. The molecule has 2 amide bonds. The minimum Gasteiger partial charge on any atom is -0.491 e. The minimum absolute atomic E-state index is 0.0160. The molecule has 0 bridgehead atoms. The molecule has 1 heterocycles. The number of nitrogens with zero attached hydrogens (tertiary/aromatic N) is 1. The number of fused-ring (bicyclic) bond motifs is 1.